The number of benzene rings is 4. The molecule has 0 fully saturated rings. The summed E-state index contributed by atoms with van der Waals surface area (Å²) in [4.78, 5) is 1.28. The minimum absolute atomic E-state index is 1.18. The summed E-state index contributed by atoms with van der Waals surface area (Å²) < 4.78 is 4.84. The molecule has 2 aromatic heterocycles. The summed E-state index contributed by atoms with van der Waals surface area (Å²) in [6.45, 7) is 0. The van der Waals surface area contributed by atoms with Gasteiger partial charge in [-0.25, -0.2) is 0 Å². The number of thiophene rings is 1. The normalized spacial score (nSPS) is 11.6. The summed E-state index contributed by atoms with van der Waals surface area (Å²) in [6, 6.07) is 34.7. The van der Waals surface area contributed by atoms with Gasteiger partial charge in [0.1, 0.15) is 0 Å². The lowest BCUT2D eigenvalue weighted by Crippen LogP contribution is -1.93. The zero-order valence-corrected chi connectivity index (χ0v) is 17.9. The van der Waals surface area contributed by atoms with E-state index >= 15 is 0 Å². The highest BCUT2D eigenvalue weighted by atomic mass is 79.9. The Morgan fingerprint density at radius 1 is 0.586 bits per heavy atom. The van der Waals surface area contributed by atoms with Gasteiger partial charge >= 0.3 is 0 Å². The fourth-order valence-electron chi connectivity index (χ4n) is 4.16. The zero-order valence-electron chi connectivity index (χ0n) is 15.5. The minimum Gasteiger partial charge on any atom is -0.309 e. The molecule has 0 atom stereocenters. The van der Waals surface area contributed by atoms with E-state index in [1.165, 1.54) is 52.5 Å². The van der Waals surface area contributed by atoms with Crippen LogP contribution in [0.2, 0.25) is 0 Å². The summed E-state index contributed by atoms with van der Waals surface area (Å²) in [5.41, 5.74) is 4.90. The van der Waals surface area contributed by atoms with Crippen molar-refractivity contribution in [2.24, 2.45) is 0 Å². The maximum atomic E-state index is 3.82. The van der Waals surface area contributed by atoms with Crippen LogP contribution in [0.25, 0.3) is 48.0 Å². The second-order valence-electron chi connectivity index (χ2n) is 7.16. The van der Waals surface area contributed by atoms with Crippen LogP contribution in [0.4, 0.5) is 0 Å². The zero-order chi connectivity index (χ0) is 19.4. The molecule has 0 saturated carbocycles. The monoisotopic (exact) mass is 453 g/mol. The Morgan fingerprint density at radius 3 is 1.76 bits per heavy atom. The van der Waals surface area contributed by atoms with E-state index in [0.717, 1.165) is 0 Å². The van der Waals surface area contributed by atoms with Gasteiger partial charge in [0.25, 0.3) is 0 Å². The summed E-state index contributed by atoms with van der Waals surface area (Å²) in [7, 11) is 0. The number of nitrogens with zero attached hydrogens (tertiary/aromatic N) is 1. The lowest BCUT2D eigenvalue weighted by atomic mass is 10.1. The number of fused-ring (bicyclic) bond motifs is 4. The Kier molecular flexibility index (Phi) is 3.86. The maximum Gasteiger partial charge on any atom is 0.0541 e. The second kappa shape index (κ2) is 6.58. The van der Waals surface area contributed by atoms with Gasteiger partial charge in [0.15, 0.2) is 0 Å². The molecular formula is C26H16BrNS. The molecule has 0 amide bonds. The van der Waals surface area contributed by atoms with Gasteiger partial charge in [-0.1, -0.05) is 66.7 Å². The van der Waals surface area contributed by atoms with Gasteiger partial charge in [-0.3, -0.25) is 0 Å². The van der Waals surface area contributed by atoms with Gasteiger partial charge in [0.2, 0.25) is 0 Å². The van der Waals surface area contributed by atoms with E-state index < -0.39 is 0 Å². The third-order valence-electron chi connectivity index (χ3n) is 5.50. The average molecular weight is 454 g/mol. The van der Waals surface area contributed by atoms with E-state index in [1.807, 2.05) is 11.3 Å². The lowest BCUT2D eigenvalue weighted by molar-refractivity contribution is 1.18. The molecule has 0 spiro atoms. The van der Waals surface area contributed by atoms with Crippen molar-refractivity contribution in [3.63, 3.8) is 0 Å². The molecule has 2 heterocycles. The predicted octanol–water partition coefficient (Wildman–Crippen LogP) is 8.43. The highest BCUT2D eigenvalue weighted by Gasteiger charge is 2.13. The Hall–Kier alpha value is -2.88. The summed E-state index contributed by atoms with van der Waals surface area (Å²) in [5, 5.41) is 3.86. The standard InChI is InChI=1S/C26H16BrNS/c27-25-21-9-3-6-12-24(21)29-26(25)17-13-15-18(16-14-17)28-22-10-4-1-7-19(22)20-8-2-5-11-23(20)28/h1-16H. The molecule has 3 heteroatoms. The fraction of sp³-hybridized carbons (Fsp3) is 0. The van der Waals surface area contributed by atoms with Crippen molar-refractivity contribution in [1.82, 2.24) is 4.57 Å². The molecule has 6 aromatic rings. The molecule has 6 rings (SSSR count). The third-order valence-corrected chi connectivity index (χ3v) is 7.81. The number of halogens is 1. The van der Waals surface area contributed by atoms with Crippen LogP contribution in [-0.4, -0.2) is 4.57 Å². The van der Waals surface area contributed by atoms with E-state index in [-0.39, 0.29) is 0 Å². The van der Waals surface area contributed by atoms with Gasteiger partial charge in [-0.05, 0) is 51.8 Å². The SMILES string of the molecule is Brc1c(-c2ccc(-n3c4ccccc4c4ccccc43)cc2)sc2ccccc12. The van der Waals surface area contributed by atoms with Gasteiger partial charge < -0.3 is 4.57 Å². The van der Waals surface area contributed by atoms with Crippen molar-refractivity contribution in [3.8, 4) is 16.1 Å². The van der Waals surface area contributed by atoms with Crippen LogP contribution in [0, 0.1) is 0 Å². The smallest absolute Gasteiger partial charge is 0.0541 e. The lowest BCUT2D eigenvalue weighted by Gasteiger charge is -2.09. The molecular weight excluding hydrogens is 438 g/mol. The number of aromatic nitrogens is 1. The van der Waals surface area contributed by atoms with Gasteiger partial charge in [-0.15, -0.1) is 11.3 Å². The fourth-order valence-corrected chi connectivity index (χ4v) is 6.21. The first-order valence-corrected chi connectivity index (χ1v) is 11.2. The molecule has 0 aliphatic heterocycles. The van der Waals surface area contributed by atoms with Gasteiger partial charge in [0, 0.05) is 35.9 Å². The van der Waals surface area contributed by atoms with Gasteiger partial charge in [0.05, 0.1) is 11.0 Å². The highest BCUT2D eigenvalue weighted by molar-refractivity contribution is 9.10. The van der Waals surface area contributed by atoms with Crippen LogP contribution >= 0.6 is 27.3 Å². The van der Waals surface area contributed by atoms with Crippen LogP contribution < -0.4 is 0 Å². The number of hydrogen-bond acceptors (Lipinski definition) is 1. The van der Waals surface area contributed by atoms with Crippen molar-refractivity contribution >= 4 is 59.2 Å². The Balaban J connectivity index is 1.54. The van der Waals surface area contributed by atoms with E-state index in [4.69, 9.17) is 0 Å². The Morgan fingerprint density at radius 2 is 1.14 bits per heavy atom. The molecule has 0 aliphatic carbocycles. The molecule has 0 saturated heterocycles. The number of rotatable bonds is 2. The van der Waals surface area contributed by atoms with Crippen molar-refractivity contribution < 1.29 is 0 Å². The van der Waals surface area contributed by atoms with Crippen molar-refractivity contribution in [2.75, 3.05) is 0 Å². The van der Waals surface area contributed by atoms with E-state index in [1.54, 1.807) is 0 Å². The second-order valence-corrected chi connectivity index (χ2v) is 9.00. The molecule has 4 aromatic carbocycles. The van der Waals surface area contributed by atoms with Crippen molar-refractivity contribution in [2.45, 2.75) is 0 Å². The van der Waals surface area contributed by atoms with E-state index in [0.29, 0.717) is 0 Å². The molecule has 0 N–H and O–H groups in total. The molecule has 0 radical (unpaired) electrons. The first-order chi connectivity index (χ1) is 14.3. The first-order valence-electron chi connectivity index (χ1n) is 9.57. The molecule has 0 aliphatic rings. The number of hydrogen-bond donors (Lipinski definition) is 0. The summed E-state index contributed by atoms with van der Waals surface area (Å²) in [5.74, 6) is 0. The molecule has 138 valence electrons. The van der Waals surface area contributed by atoms with E-state index in [9.17, 15) is 0 Å². The Labute approximate surface area is 181 Å². The molecule has 29 heavy (non-hydrogen) atoms. The topological polar surface area (TPSA) is 4.93 Å². The highest BCUT2D eigenvalue weighted by Crippen LogP contribution is 2.42. The van der Waals surface area contributed by atoms with Crippen molar-refractivity contribution in [1.29, 1.82) is 0 Å². The Bertz CT molecular complexity index is 1450. The first kappa shape index (κ1) is 17.0. The van der Waals surface area contributed by atoms with Gasteiger partial charge in [-0.2, -0.15) is 0 Å². The van der Waals surface area contributed by atoms with Crippen molar-refractivity contribution in [3.05, 3.63) is 102 Å². The maximum absolute atomic E-state index is 3.82. The molecule has 0 unspecified atom stereocenters. The van der Waals surface area contributed by atoms with Crippen LogP contribution in [0.15, 0.2) is 102 Å². The summed E-state index contributed by atoms with van der Waals surface area (Å²) >= 11 is 5.65. The summed E-state index contributed by atoms with van der Waals surface area (Å²) in [6.07, 6.45) is 0. The minimum atomic E-state index is 1.18. The largest absolute Gasteiger partial charge is 0.309 e. The van der Waals surface area contributed by atoms with Crippen LogP contribution in [0.3, 0.4) is 0 Å². The average Bonchev–Trinajstić information content (AvgIpc) is 3.29. The quantitative estimate of drug-likeness (QED) is 0.247. The van der Waals surface area contributed by atoms with Crippen LogP contribution in [0.1, 0.15) is 0 Å². The predicted molar refractivity (Wildman–Crippen MR) is 129 cm³/mol. The molecule has 1 nitrogen and oxygen atoms in total. The van der Waals surface area contributed by atoms with Crippen LogP contribution in [-0.2, 0) is 0 Å². The van der Waals surface area contributed by atoms with Crippen LogP contribution in [0.5, 0.6) is 0 Å². The van der Waals surface area contributed by atoms with E-state index in [2.05, 4.69) is 118 Å². The third kappa shape index (κ3) is 2.58. The molecule has 0 bridgehead atoms. The number of para-hydroxylation sites is 2.